The highest BCUT2D eigenvalue weighted by Gasteiger charge is 2.23. The third-order valence-electron chi connectivity index (χ3n) is 12.8. The lowest BCUT2D eigenvalue weighted by atomic mass is 10.0. The smallest absolute Gasteiger partial charge is 0.238 e. The van der Waals surface area contributed by atoms with Crippen molar-refractivity contribution in [3.05, 3.63) is 200 Å². The van der Waals surface area contributed by atoms with Gasteiger partial charge in [-0.1, -0.05) is 146 Å². The Morgan fingerprint density at radius 1 is 0.328 bits per heavy atom. The second-order valence-electron chi connectivity index (χ2n) is 16.3. The minimum Gasteiger partial charge on any atom is -0.456 e. The van der Waals surface area contributed by atoms with Crippen molar-refractivity contribution >= 4 is 87.5 Å². The molecule has 7 nitrogen and oxygen atoms in total. The molecule has 7 heteroatoms. The first-order valence-electron chi connectivity index (χ1n) is 21.4. The van der Waals surface area contributed by atoms with E-state index in [1.165, 1.54) is 0 Å². The molecule has 0 aliphatic rings. The number of furan rings is 2. The van der Waals surface area contributed by atoms with Gasteiger partial charge >= 0.3 is 0 Å². The lowest BCUT2D eigenvalue weighted by Crippen LogP contribution is -2.06. The summed E-state index contributed by atoms with van der Waals surface area (Å²) >= 11 is 0. The summed E-state index contributed by atoms with van der Waals surface area (Å²) < 4.78 is 17.5. The molecular weight excluding hydrogens is 787 g/mol. The van der Waals surface area contributed by atoms with Gasteiger partial charge in [0.05, 0.1) is 22.1 Å². The summed E-state index contributed by atoms with van der Waals surface area (Å²) in [6.07, 6.45) is 0. The molecule has 0 fully saturated rings. The van der Waals surface area contributed by atoms with Gasteiger partial charge in [0.1, 0.15) is 22.3 Å². The van der Waals surface area contributed by atoms with Crippen molar-refractivity contribution in [2.75, 3.05) is 0 Å². The highest BCUT2D eigenvalue weighted by atomic mass is 16.3. The summed E-state index contributed by atoms with van der Waals surface area (Å²) in [5.74, 6) is 1.70. The molecular formula is C57H33N5O2. The first-order valence-corrected chi connectivity index (χ1v) is 21.4. The minimum absolute atomic E-state index is 0.537. The van der Waals surface area contributed by atoms with Crippen molar-refractivity contribution in [1.82, 2.24) is 24.1 Å². The molecule has 5 heterocycles. The van der Waals surface area contributed by atoms with Crippen LogP contribution in [0.3, 0.4) is 0 Å². The third-order valence-corrected chi connectivity index (χ3v) is 12.8. The molecule has 0 amide bonds. The number of hydrogen-bond acceptors (Lipinski definition) is 5. The minimum atomic E-state index is 0.537. The molecule has 0 saturated carbocycles. The number of para-hydroxylation sites is 4. The van der Waals surface area contributed by atoms with Crippen molar-refractivity contribution in [3.8, 4) is 45.5 Å². The van der Waals surface area contributed by atoms with E-state index in [0.717, 1.165) is 115 Å². The Balaban J connectivity index is 1.02. The number of hydrogen-bond donors (Lipinski definition) is 0. The standard InChI is InChI=1S/C57H33N5O2/c1-3-15-34(16-4-1)37-22-13-23-40-45-31-36(29-30-51(45)64-54(37)40)61-46-25-10-7-19-38(46)43-33-49-44(32-48(43)61)39-20-8-11-26-47(39)62(49)57-59-55(35-17-5-2-6-18-35)58-56(60-57)42-24-14-28-52-53(42)41-21-9-12-27-50(41)63-52/h1-33H. The molecule has 0 bridgehead atoms. The topological polar surface area (TPSA) is 74.8 Å². The van der Waals surface area contributed by atoms with Crippen LogP contribution in [0.1, 0.15) is 0 Å². The number of benzene rings is 9. The maximum Gasteiger partial charge on any atom is 0.238 e. The van der Waals surface area contributed by atoms with Gasteiger partial charge in [0.2, 0.25) is 5.95 Å². The van der Waals surface area contributed by atoms with Gasteiger partial charge < -0.3 is 13.4 Å². The van der Waals surface area contributed by atoms with Crippen LogP contribution in [0.2, 0.25) is 0 Å². The van der Waals surface area contributed by atoms with Crippen LogP contribution < -0.4 is 0 Å². The Morgan fingerprint density at radius 2 is 0.906 bits per heavy atom. The van der Waals surface area contributed by atoms with Gasteiger partial charge in [-0.3, -0.25) is 4.57 Å². The van der Waals surface area contributed by atoms with E-state index < -0.39 is 0 Å². The Bertz CT molecular complexity index is 4200. The number of rotatable bonds is 5. The molecule has 0 radical (unpaired) electrons. The summed E-state index contributed by atoms with van der Waals surface area (Å²) in [7, 11) is 0. The van der Waals surface area contributed by atoms with Gasteiger partial charge in [-0.25, -0.2) is 4.98 Å². The average molecular weight is 820 g/mol. The summed E-state index contributed by atoms with van der Waals surface area (Å²) in [5, 5.41) is 8.64. The molecule has 9 aromatic carbocycles. The maximum absolute atomic E-state index is 6.61. The maximum atomic E-state index is 6.61. The van der Waals surface area contributed by atoms with Crippen molar-refractivity contribution < 1.29 is 8.83 Å². The van der Waals surface area contributed by atoms with Crippen molar-refractivity contribution in [3.63, 3.8) is 0 Å². The Hall–Kier alpha value is -8.81. The predicted octanol–water partition coefficient (Wildman–Crippen LogP) is 14.9. The highest BCUT2D eigenvalue weighted by Crippen LogP contribution is 2.42. The van der Waals surface area contributed by atoms with Crippen LogP contribution >= 0.6 is 0 Å². The molecule has 0 unspecified atom stereocenters. The molecule has 14 rings (SSSR count). The Labute approximate surface area is 364 Å². The van der Waals surface area contributed by atoms with Crippen LogP contribution in [-0.2, 0) is 0 Å². The second-order valence-corrected chi connectivity index (χ2v) is 16.3. The first kappa shape index (κ1) is 34.9. The van der Waals surface area contributed by atoms with Crippen LogP contribution in [0.4, 0.5) is 0 Å². The van der Waals surface area contributed by atoms with E-state index in [4.69, 9.17) is 23.8 Å². The summed E-state index contributed by atoms with van der Waals surface area (Å²) in [4.78, 5) is 15.8. The second kappa shape index (κ2) is 13.3. The number of aromatic nitrogens is 5. The fourth-order valence-corrected chi connectivity index (χ4v) is 9.96. The zero-order valence-electron chi connectivity index (χ0n) is 34.1. The van der Waals surface area contributed by atoms with Crippen LogP contribution in [0.15, 0.2) is 209 Å². The molecule has 14 aromatic rings. The van der Waals surface area contributed by atoms with E-state index >= 15 is 0 Å². The van der Waals surface area contributed by atoms with E-state index in [2.05, 4.69) is 143 Å². The molecule has 0 aliphatic carbocycles. The molecule has 5 aromatic heterocycles. The fraction of sp³-hybridized carbons (Fsp3) is 0. The summed E-state index contributed by atoms with van der Waals surface area (Å²) in [6, 6.07) is 69.7. The predicted molar refractivity (Wildman–Crippen MR) is 259 cm³/mol. The van der Waals surface area contributed by atoms with Crippen molar-refractivity contribution in [2.45, 2.75) is 0 Å². The first-order chi connectivity index (χ1) is 31.7. The molecule has 0 N–H and O–H groups in total. The fourth-order valence-electron chi connectivity index (χ4n) is 9.96. The van der Waals surface area contributed by atoms with Crippen LogP contribution in [0, 0.1) is 0 Å². The normalized spacial score (nSPS) is 12.1. The molecule has 0 saturated heterocycles. The van der Waals surface area contributed by atoms with Crippen LogP contribution in [0.5, 0.6) is 0 Å². The van der Waals surface area contributed by atoms with Crippen molar-refractivity contribution in [1.29, 1.82) is 0 Å². The quantitative estimate of drug-likeness (QED) is 0.173. The Morgan fingerprint density at radius 3 is 1.69 bits per heavy atom. The van der Waals surface area contributed by atoms with Crippen LogP contribution in [0.25, 0.3) is 133 Å². The number of fused-ring (bicyclic) bond motifs is 12. The molecule has 298 valence electrons. The lowest BCUT2D eigenvalue weighted by molar-refractivity contribution is 0.669. The largest absolute Gasteiger partial charge is 0.456 e. The van der Waals surface area contributed by atoms with Gasteiger partial charge in [-0.2, -0.15) is 9.97 Å². The van der Waals surface area contributed by atoms with E-state index in [9.17, 15) is 0 Å². The molecule has 64 heavy (non-hydrogen) atoms. The Kier molecular flexibility index (Phi) is 7.27. The molecule has 0 aliphatic heterocycles. The third kappa shape index (κ3) is 5.06. The number of nitrogens with zero attached hydrogens (tertiary/aromatic N) is 5. The molecule has 0 spiro atoms. The van der Waals surface area contributed by atoms with Crippen molar-refractivity contribution in [2.24, 2.45) is 0 Å². The van der Waals surface area contributed by atoms with Crippen LogP contribution in [-0.4, -0.2) is 24.1 Å². The van der Waals surface area contributed by atoms with Gasteiger partial charge in [-0.15, -0.1) is 0 Å². The van der Waals surface area contributed by atoms with E-state index in [0.29, 0.717) is 17.6 Å². The molecule has 0 atom stereocenters. The zero-order chi connectivity index (χ0) is 41.9. The summed E-state index contributed by atoms with van der Waals surface area (Å²) in [6.45, 7) is 0. The zero-order valence-corrected chi connectivity index (χ0v) is 34.1. The SMILES string of the molecule is c1ccc(-c2nc(-c3cccc4oc5ccccc5c34)nc(-n3c4ccccc4c4cc5c(cc43)c3ccccc3n5-c3ccc4oc5c(-c6ccccc6)cccc5c4c3)n2)cc1. The van der Waals surface area contributed by atoms with Gasteiger partial charge in [0.15, 0.2) is 11.6 Å². The van der Waals surface area contributed by atoms with Gasteiger partial charge in [0.25, 0.3) is 0 Å². The summed E-state index contributed by atoms with van der Waals surface area (Å²) in [5.41, 5.74) is 12.7. The van der Waals surface area contributed by atoms with E-state index in [1.54, 1.807) is 0 Å². The average Bonchev–Trinajstić information content (AvgIpc) is 4.11. The monoisotopic (exact) mass is 819 g/mol. The lowest BCUT2D eigenvalue weighted by Gasteiger charge is -2.12. The van der Waals surface area contributed by atoms with E-state index in [-0.39, 0.29) is 0 Å². The van der Waals surface area contributed by atoms with Gasteiger partial charge in [0, 0.05) is 65.5 Å². The van der Waals surface area contributed by atoms with Gasteiger partial charge in [-0.05, 0) is 60.2 Å². The highest BCUT2D eigenvalue weighted by molar-refractivity contribution is 6.19. The van der Waals surface area contributed by atoms with E-state index in [1.807, 2.05) is 66.7 Å².